The first-order chi connectivity index (χ1) is 12.4. The first kappa shape index (κ1) is 19.5. The Morgan fingerprint density at radius 3 is 2.69 bits per heavy atom. The Labute approximate surface area is 155 Å². The summed E-state index contributed by atoms with van der Waals surface area (Å²) in [5.41, 5.74) is 1.05. The Kier molecular flexibility index (Phi) is 6.74. The summed E-state index contributed by atoms with van der Waals surface area (Å²) in [7, 11) is 1.52. The monoisotopic (exact) mass is 377 g/mol. The first-order valence-corrected chi connectivity index (χ1v) is 8.05. The standard InChI is InChI=1S/C19H17ClFNO4/c1-12(19(24)22-14-4-3-5-15(11-14)25-2)26-18(23)9-7-13-6-8-17(21)16(20)10-13/h3-12H,1-2H3,(H,22,24)/b9-7+/t12-/m1/s1. The van der Waals surface area contributed by atoms with Gasteiger partial charge in [0.1, 0.15) is 11.6 Å². The average molecular weight is 378 g/mol. The van der Waals surface area contributed by atoms with E-state index in [1.807, 2.05) is 0 Å². The summed E-state index contributed by atoms with van der Waals surface area (Å²) in [5.74, 6) is -1.15. The van der Waals surface area contributed by atoms with E-state index in [9.17, 15) is 14.0 Å². The van der Waals surface area contributed by atoms with Crippen molar-refractivity contribution in [2.24, 2.45) is 0 Å². The molecule has 2 aromatic rings. The molecule has 26 heavy (non-hydrogen) atoms. The highest BCUT2D eigenvalue weighted by Crippen LogP contribution is 2.18. The number of anilines is 1. The van der Waals surface area contributed by atoms with Gasteiger partial charge in [-0.2, -0.15) is 0 Å². The molecule has 0 spiro atoms. The van der Waals surface area contributed by atoms with Crippen LogP contribution in [0.5, 0.6) is 5.75 Å². The third kappa shape index (κ3) is 5.60. The molecule has 0 aliphatic rings. The van der Waals surface area contributed by atoms with Crippen LogP contribution < -0.4 is 10.1 Å². The van der Waals surface area contributed by atoms with Crippen LogP contribution in [0.4, 0.5) is 10.1 Å². The predicted octanol–water partition coefficient (Wildman–Crippen LogP) is 4.07. The summed E-state index contributed by atoms with van der Waals surface area (Å²) in [4.78, 5) is 23.9. The number of carbonyl (C=O) groups excluding carboxylic acids is 2. The molecule has 0 aromatic heterocycles. The summed E-state index contributed by atoms with van der Waals surface area (Å²) in [5, 5.41) is 2.58. The third-order valence-corrected chi connectivity index (χ3v) is 3.64. The van der Waals surface area contributed by atoms with Gasteiger partial charge in [0.05, 0.1) is 12.1 Å². The second-order valence-corrected chi connectivity index (χ2v) is 5.71. The topological polar surface area (TPSA) is 64.6 Å². The molecule has 0 fully saturated rings. The van der Waals surface area contributed by atoms with Crippen molar-refractivity contribution in [3.05, 3.63) is 64.9 Å². The molecular formula is C19H17ClFNO4. The van der Waals surface area contributed by atoms with Crippen molar-refractivity contribution in [3.8, 4) is 5.75 Å². The lowest BCUT2D eigenvalue weighted by Crippen LogP contribution is -2.29. The lowest BCUT2D eigenvalue weighted by atomic mass is 10.2. The largest absolute Gasteiger partial charge is 0.497 e. The van der Waals surface area contributed by atoms with Crippen molar-refractivity contribution >= 4 is 35.2 Å². The van der Waals surface area contributed by atoms with Crippen LogP contribution in [0.2, 0.25) is 5.02 Å². The molecule has 1 N–H and O–H groups in total. The molecule has 5 nitrogen and oxygen atoms in total. The molecule has 1 amide bonds. The maximum absolute atomic E-state index is 13.1. The Bertz CT molecular complexity index is 838. The van der Waals surface area contributed by atoms with Gasteiger partial charge in [-0.1, -0.05) is 23.7 Å². The fourth-order valence-electron chi connectivity index (χ4n) is 1.99. The van der Waals surface area contributed by atoms with Crippen LogP contribution in [-0.4, -0.2) is 25.1 Å². The molecule has 1 atom stereocenters. The molecule has 7 heteroatoms. The van der Waals surface area contributed by atoms with Crippen LogP contribution in [0.1, 0.15) is 12.5 Å². The lowest BCUT2D eigenvalue weighted by Gasteiger charge is -2.13. The van der Waals surface area contributed by atoms with E-state index < -0.39 is 23.8 Å². The van der Waals surface area contributed by atoms with Gasteiger partial charge in [0.15, 0.2) is 6.10 Å². The minimum Gasteiger partial charge on any atom is -0.497 e. The van der Waals surface area contributed by atoms with Crippen LogP contribution in [0, 0.1) is 5.82 Å². The van der Waals surface area contributed by atoms with Crippen LogP contribution in [-0.2, 0) is 14.3 Å². The number of benzene rings is 2. The maximum Gasteiger partial charge on any atom is 0.331 e. The van der Waals surface area contributed by atoms with Gasteiger partial charge in [-0.3, -0.25) is 4.79 Å². The van der Waals surface area contributed by atoms with Gasteiger partial charge in [-0.15, -0.1) is 0 Å². The second kappa shape index (κ2) is 9.01. The van der Waals surface area contributed by atoms with E-state index in [1.54, 1.807) is 24.3 Å². The van der Waals surface area contributed by atoms with Crippen molar-refractivity contribution in [1.82, 2.24) is 0 Å². The summed E-state index contributed by atoms with van der Waals surface area (Å²) >= 11 is 5.67. The zero-order valence-corrected chi connectivity index (χ0v) is 14.9. The van der Waals surface area contributed by atoms with Crippen molar-refractivity contribution < 1.29 is 23.5 Å². The molecular weight excluding hydrogens is 361 g/mol. The number of carbonyl (C=O) groups is 2. The molecule has 2 aromatic carbocycles. The molecule has 0 saturated heterocycles. The Morgan fingerprint density at radius 1 is 1.23 bits per heavy atom. The Balaban J connectivity index is 1.91. The van der Waals surface area contributed by atoms with Crippen molar-refractivity contribution in [3.63, 3.8) is 0 Å². The molecule has 136 valence electrons. The number of methoxy groups -OCH3 is 1. The van der Waals surface area contributed by atoms with Gasteiger partial charge in [-0.05, 0) is 42.8 Å². The summed E-state index contributed by atoms with van der Waals surface area (Å²) in [6.45, 7) is 1.45. The molecule has 2 rings (SSSR count). The molecule has 0 saturated carbocycles. The van der Waals surface area contributed by atoms with Gasteiger partial charge >= 0.3 is 5.97 Å². The van der Waals surface area contributed by atoms with E-state index >= 15 is 0 Å². The smallest absolute Gasteiger partial charge is 0.331 e. The normalized spacial score (nSPS) is 11.8. The predicted molar refractivity (Wildman–Crippen MR) is 97.6 cm³/mol. The van der Waals surface area contributed by atoms with Crippen molar-refractivity contribution in [2.75, 3.05) is 12.4 Å². The Morgan fingerprint density at radius 2 is 2.00 bits per heavy atom. The number of hydrogen-bond donors (Lipinski definition) is 1. The number of esters is 1. The van der Waals surface area contributed by atoms with Gasteiger partial charge < -0.3 is 14.8 Å². The number of ether oxygens (including phenoxy) is 2. The lowest BCUT2D eigenvalue weighted by molar-refractivity contribution is -0.148. The quantitative estimate of drug-likeness (QED) is 0.608. The van der Waals surface area contributed by atoms with E-state index in [-0.39, 0.29) is 5.02 Å². The molecule has 0 aliphatic heterocycles. The molecule has 0 aliphatic carbocycles. The van der Waals surface area contributed by atoms with Crippen LogP contribution in [0.15, 0.2) is 48.5 Å². The highest BCUT2D eigenvalue weighted by molar-refractivity contribution is 6.30. The molecule has 0 heterocycles. The Hall–Kier alpha value is -2.86. The van der Waals surface area contributed by atoms with E-state index in [1.165, 1.54) is 38.3 Å². The average Bonchev–Trinajstić information content (AvgIpc) is 2.62. The fraction of sp³-hybridized carbons (Fsp3) is 0.158. The highest BCUT2D eigenvalue weighted by atomic mass is 35.5. The summed E-state index contributed by atoms with van der Waals surface area (Å²) in [6, 6.07) is 10.8. The van der Waals surface area contributed by atoms with Crippen molar-refractivity contribution in [2.45, 2.75) is 13.0 Å². The van der Waals surface area contributed by atoms with Crippen molar-refractivity contribution in [1.29, 1.82) is 0 Å². The third-order valence-electron chi connectivity index (χ3n) is 3.35. The van der Waals surface area contributed by atoms with Crippen LogP contribution in [0.25, 0.3) is 6.08 Å². The van der Waals surface area contributed by atoms with Gasteiger partial charge in [0, 0.05) is 17.8 Å². The zero-order valence-electron chi connectivity index (χ0n) is 14.2. The van der Waals surface area contributed by atoms with Gasteiger partial charge in [0.2, 0.25) is 0 Å². The first-order valence-electron chi connectivity index (χ1n) is 7.67. The summed E-state index contributed by atoms with van der Waals surface area (Å²) in [6.07, 6.45) is 1.55. The summed E-state index contributed by atoms with van der Waals surface area (Å²) < 4.78 is 23.2. The van der Waals surface area contributed by atoms with Crippen LogP contribution in [0.3, 0.4) is 0 Å². The SMILES string of the molecule is COc1cccc(NC(=O)[C@@H](C)OC(=O)/C=C/c2ccc(F)c(Cl)c2)c1. The number of rotatable bonds is 6. The van der Waals surface area contributed by atoms with E-state index in [2.05, 4.69) is 5.32 Å². The number of hydrogen-bond acceptors (Lipinski definition) is 4. The minimum absolute atomic E-state index is 0.0495. The highest BCUT2D eigenvalue weighted by Gasteiger charge is 2.16. The van der Waals surface area contributed by atoms with E-state index in [4.69, 9.17) is 21.1 Å². The molecule has 0 unspecified atom stereocenters. The molecule has 0 bridgehead atoms. The van der Waals surface area contributed by atoms with Gasteiger partial charge in [-0.25, -0.2) is 9.18 Å². The minimum atomic E-state index is -1.00. The zero-order chi connectivity index (χ0) is 19.1. The van der Waals surface area contributed by atoms with Crippen LogP contribution >= 0.6 is 11.6 Å². The molecule has 0 radical (unpaired) electrons. The maximum atomic E-state index is 13.1. The fourth-order valence-corrected chi connectivity index (χ4v) is 2.18. The van der Waals surface area contributed by atoms with Gasteiger partial charge in [0.25, 0.3) is 5.91 Å². The van der Waals surface area contributed by atoms with E-state index in [0.717, 1.165) is 6.08 Å². The number of amides is 1. The second-order valence-electron chi connectivity index (χ2n) is 5.31. The van der Waals surface area contributed by atoms with E-state index in [0.29, 0.717) is 17.0 Å². The number of nitrogens with one attached hydrogen (secondary N) is 1. The number of halogens is 2.